The van der Waals surface area contributed by atoms with Crippen LogP contribution in [-0.2, 0) is 4.79 Å². The molecule has 0 spiro atoms. The maximum Gasteiger partial charge on any atom is 0.389 e. The van der Waals surface area contributed by atoms with Crippen LogP contribution in [-0.4, -0.2) is 30.5 Å². The van der Waals surface area contributed by atoms with Crippen LogP contribution in [0.15, 0.2) is 0 Å². The van der Waals surface area contributed by atoms with Crippen molar-refractivity contribution in [3.63, 3.8) is 0 Å². The molecule has 0 aromatic rings. The zero-order valence-corrected chi connectivity index (χ0v) is 8.41. The molecule has 15 heavy (non-hydrogen) atoms. The number of halogens is 4. The van der Waals surface area contributed by atoms with Crippen molar-refractivity contribution < 1.29 is 22.8 Å². The Morgan fingerprint density at radius 1 is 1.27 bits per heavy atom. The Bertz CT molecular complexity index is 233. The average Bonchev–Trinajstić information content (AvgIpc) is 2.11. The van der Waals surface area contributed by atoms with Gasteiger partial charge in [0.2, 0.25) is 5.91 Å². The Labute approximate surface area is 89.2 Å². The Morgan fingerprint density at radius 3 is 2.33 bits per heavy atom. The molecule has 8 heteroatoms. The zero-order chi connectivity index (χ0) is 11.9. The lowest BCUT2D eigenvalue weighted by atomic mass is 10.3. The smallest absolute Gasteiger partial charge is 0.338 e. The molecule has 2 N–H and O–H groups in total. The third kappa shape index (κ3) is 9.33. The molecule has 0 bridgehead atoms. The van der Waals surface area contributed by atoms with Crippen LogP contribution in [0.4, 0.5) is 18.0 Å². The van der Waals surface area contributed by atoms with Gasteiger partial charge in [0.05, 0.1) is 0 Å². The van der Waals surface area contributed by atoms with Crippen molar-refractivity contribution in [2.45, 2.75) is 19.0 Å². The van der Waals surface area contributed by atoms with Crippen molar-refractivity contribution in [1.29, 1.82) is 0 Å². The third-order valence-electron chi connectivity index (χ3n) is 1.30. The van der Waals surface area contributed by atoms with Gasteiger partial charge in [-0.15, -0.1) is 11.6 Å². The fraction of sp³-hybridized carbons (Fsp3) is 0.714. The average molecular weight is 247 g/mol. The van der Waals surface area contributed by atoms with Crippen LogP contribution in [0, 0.1) is 0 Å². The monoisotopic (exact) mass is 246 g/mol. The summed E-state index contributed by atoms with van der Waals surface area (Å²) in [6, 6.07) is -0.845. The number of amides is 3. The summed E-state index contributed by atoms with van der Waals surface area (Å²) < 4.78 is 34.9. The first-order valence-electron chi connectivity index (χ1n) is 4.05. The van der Waals surface area contributed by atoms with E-state index in [0.717, 1.165) is 0 Å². The summed E-state index contributed by atoms with van der Waals surface area (Å²) >= 11 is 5.08. The van der Waals surface area contributed by atoms with Crippen LogP contribution < -0.4 is 10.6 Å². The van der Waals surface area contributed by atoms with Crippen LogP contribution in [0.3, 0.4) is 0 Å². The van der Waals surface area contributed by atoms with Gasteiger partial charge in [0.1, 0.15) is 5.88 Å². The highest BCUT2D eigenvalue weighted by atomic mass is 35.5. The summed E-state index contributed by atoms with van der Waals surface area (Å²) in [7, 11) is 0. The number of hydrogen-bond donors (Lipinski definition) is 2. The molecule has 0 fully saturated rings. The molecule has 0 aliphatic heterocycles. The second kappa shape index (κ2) is 6.49. The predicted octanol–water partition coefficient (Wildman–Crippen LogP) is 1.39. The zero-order valence-electron chi connectivity index (χ0n) is 7.66. The number of hydrogen-bond acceptors (Lipinski definition) is 2. The van der Waals surface area contributed by atoms with Gasteiger partial charge in [-0.25, -0.2) is 4.79 Å². The molecular formula is C7H10ClF3N2O2. The standard InChI is InChI=1S/C7H10ClF3N2O2/c8-4-5(14)13-6(15)12-3-1-2-7(9,10)11/h1-4H2,(H2,12,13,14,15). The SMILES string of the molecule is O=C(CCl)NC(=O)NCCCC(F)(F)F. The topological polar surface area (TPSA) is 58.2 Å². The Balaban J connectivity index is 3.52. The number of nitrogens with one attached hydrogen (secondary N) is 2. The summed E-state index contributed by atoms with van der Waals surface area (Å²) in [5.74, 6) is -1.08. The molecule has 4 nitrogen and oxygen atoms in total. The molecule has 0 rings (SSSR count). The highest BCUT2D eigenvalue weighted by Gasteiger charge is 2.25. The minimum absolute atomic E-state index is 0.152. The summed E-state index contributed by atoms with van der Waals surface area (Å²) in [6.45, 7) is -0.152. The summed E-state index contributed by atoms with van der Waals surface area (Å²) in [4.78, 5) is 21.3. The largest absolute Gasteiger partial charge is 0.389 e. The highest BCUT2D eigenvalue weighted by Crippen LogP contribution is 2.20. The molecular weight excluding hydrogens is 237 g/mol. The van der Waals surface area contributed by atoms with Gasteiger partial charge >= 0.3 is 12.2 Å². The first-order chi connectivity index (χ1) is 6.85. The van der Waals surface area contributed by atoms with E-state index in [0.29, 0.717) is 0 Å². The van der Waals surface area contributed by atoms with Gasteiger partial charge in [-0.3, -0.25) is 10.1 Å². The van der Waals surface area contributed by atoms with Gasteiger partial charge in [-0.2, -0.15) is 13.2 Å². The molecule has 0 atom stereocenters. The van der Waals surface area contributed by atoms with E-state index in [1.54, 1.807) is 0 Å². The van der Waals surface area contributed by atoms with E-state index in [2.05, 4.69) is 5.32 Å². The summed E-state index contributed by atoms with van der Waals surface area (Å²) in [6.07, 6.45) is -5.44. The number of carbonyl (C=O) groups is 2. The van der Waals surface area contributed by atoms with Crippen molar-refractivity contribution >= 4 is 23.5 Å². The maximum absolute atomic E-state index is 11.6. The molecule has 0 aromatic carbocycles. The third-order valence-corrected chi connectivity index (χ3v) is 1.54. The number of carbonyl (C=O) groups excluding carboxylic acids is 2. The fourth-order valence-corrected chi connectivity index (χ4v) is 0.762. The van der Waals surface area contributed by atoms with E-state index < -0.39 is 24.5 Å². The van der Waals surface area contributed by atoms with Gasteiger partial charge in [-0.1, -0.05) is 0 Å². The predicted molar refractivity (Wildman–Crippen MR) is 47.6 cm³/mol. The van der Waals surface area contributed by atoms with Crippen LogP contribution in [0.1, 0.15) is 12.8 Å². The Hall–Kier alpha value is -0.980. The van der Waals surface area contributed by atoms with E-state index in [1.807, 2.05) is 5.32 Å². The summed E-state index contributed by atoms with van der Waals surface area (Å²) in [5.41, 5.74) is 0. The van der Waals surface area contributed by atoms with Gasteiger partial charge in [-0.05, 0) is 6.42 Å². The second-order valence-electron chi connectivity index (χ2n) is 2.66. The minimum Gasteiger partial charge on any atom is -0.338 e. The minimum atomic E-state index is -4.23. The number of alkyl halides is 4. The van der Waals surface area contributed by atoms with Crippen molar-refractivity contribution in [3.8, 4) is 0 Å². The molecule has 0 aromatic heterocycles. The fourth-order valence-electron chi connectivity index (χ4n) is 0.695. The molecule has 0 aliphatic rings. The Kier molecular flexibility index (Phi) is 6.07. The number of imide groups is 1. The van der Waals surface area contributed by atoms with E-state index in [1.165, 1.54) is 0 Å². The lowest BCUT2D eigenvalue weighted by Crippen LogP contribution is -2.40. The van der Waals surface area contributed by atoms with Crippen molar-refractivity contribution in [2.24, 2.45) is 0 Å². The lowest BCUT2D eigenvalue weighted by Gasteiger charge is -2.07. The quantitative estimate of drug-likeness (QED) is 0.582. The molecule has 3 amide bonds. The van der Waals surface area contributed by atoms with Gasteiger partial charge in [0.25, 0.3) is 0 Å². The van der Waals surface area contributed by atoms with Crippen molar-refractivity contribution in [3.05, 3.63) is 0 Å². The first kappa shape index (κ1) is 14.0. The van der Waals surface area contributed by atoms with Gasteiger partial charge in [0, 0.05) is 13.0 Å². The normalized spacial score (nSPS) is 10.9. The van der Waals surface area contributed by atoms with Crippen LogP contribution in [0.25, 0.3) is 0 Å². The Morgan fingerprint density at radius 2 is 1.87 bits per heavy atom. The molecule has 0 radical (unpaired) electrons. The molecule has 0 unspecified atom stereocenters. The van der Waals surface area contributed by atoms with E-state index in [-0.39, 0.29) is 18.8 Å². The first-order valence-corrected chi connectivity index (χ1v) is 4.59. The molecule has 0 saturated carbocycles. The highest BCUT2D eigenvalue weighted by molar-refractivity contribution is 6.28. The second-order valence-corrected chi connectivity index (χ2v) is 2.92. The molecule has 0 saturated heterocycles. The molecule has 88 valence electrons. The van der Waals surface area contributed by atoms with Crippen LogP contribution in [0.2, 0.25) is 0 Å². The maximum atomic E-state index is 11.6. The lowest BCUT2D eigenvalue weighted by molar-refractivity contribution is -0.135. The van der Waals surface area contributed by atoms with Crippen LogP contribution >= 0.6 is 11.6 Å². The summed E-state index contributed by atoms with van der Waals surface area (Å²) in [5, 5.41) is 3.92. The number of urea groups is 1. The van der Waals surface area contributed by atoms with E-state index >= 15 is 0 Å². The van der Waals surface area contributed by atoms with E-state index in [9.17, 15) is 22.8 Å². The van der Waals surface area contributed by atoms with Crippen LogP contribution in [0.5, 0.6) is 0 Å². The van der Waals surface area contributed by atoms with E-state index in [4.69, 9.17) is 11.6 Å². The van der Waals surface area contributed by atoms with Gasteiger partial charge < -0.3 is 5.32 Å². The number of rotatable bonds is 4. The van der Waals surface area contributed by atoms with Crippen molar-refractivity contribution in [2.75, 3.05) is 12.4 Å². The van der Waals surface area contributed by atoms with Crippen molar-refractivity contribution in [1.82, 2.24) is 10.6 Å². The van der Waals surface area contributed by atoms with Gasteiger partial charge in [0.15, 0.2) is 0 Å². The molecule has 0 aliphatic carbocycles. The molecule has 0 heterocycles.